The van der Waals surface area contributed by atoms with E-state index in [0.29, 0.717) is 0 Å². The van der Waals surface area contributed by atoms with E-state index in [1.807, 2.05) is 0 Å². The number of aromatic amines is 1. The van der Waals surface area contributed by atoms with Crippen molar-refractivity contribution in [2.75, 3.05) is 0 Å². The molecular formula is C11H13N. The van der Waals surface area contributed by atoms with Gasteiger partial charge in [-0.1, -0.05) is 12.2 Å². The highest BCUT2D eigenvalue weighted by atomic mass is 14.7. The first-order valence-electron chi connectivity index (χ1n) is 4.72. The second-order valence-corrected chi connectivity index (χ2v) is 3.96. The standard InChI is InChI=1S/C11H13N/c1-7-11-9-4-2-8(3-5-9)10(11)6-12-7/h2,4,6,8-9,12H,3,5H2,1H3. The lowest BCUT2D eigenvalue weighted by atomic mass is 9.73. The van der Waals surface area contributed by atoms with Gasteiger partial charge in [0, 0.05) is 23.7 Å². The van der Waals surface area contributed by atoms with Gasteiger partial charge in [0.25, 0.3) is 0 Å². The Balaban J connectivity index is 2.26. The van der Waals surface area contributed by atoms with Crippen molar-refractivity contribution in [2.24, 2.45) is 0 Å². The Bertz CT molecular complexity index is 346. The molecule has 1 N–H and O–H groups in total. The zero-order valence-electron chi connectivity index (χ0n) is 7.30. The fraction of sp³-hybridized carbons (Fsp3) is 0.455. The minimum absolute atomic E-state index is 0.718. The number of allylic oxidation sites excluding steroid dienone is 2. The molecule has 4 rings (SSSR count). The van der Waals surface area contributed by atoms with Crippen molar-refractivity contribution in [1.82, 2.24) is 4.98 Å². The van der Waals surface area contributed by atoms with Crippen LogP contribution in [0.25, 0.3) is 0 Å². The molecular weight excluding hydrogens is 146 g/mol. The van der Waals surface area contributed by atoms with Crippen LogP contribution in [0.4, 0.5) is 0 Å². The largest absolute Gasteiger partial charge is 0.365 e. The van der Waals surface area contributed by atoms with Gasteiger partial charge in [-0.05, 0) is 30.9 Å². The van der Waals surface area contributed by atoms with E-state index in [2.05, 4.69) is 30.3 Å². The molecule has 2 unspecified atom stereocenters. The van der Waals surface area contributed by atoms with Gasteiger partial charge in [0.1, 0.15) is 0 Å². The molecule has 0 radical (unpaired) electrons. The van der Waals surface area contributed by atoms with Crippen LogP contribution >= 0.6 is 0 Å². The Morgan fingerprint density at radius 3 is 2.67 bits per heavy atom. The summed E-state index contributed by atoms with van der Waals surface area (Å²) < 4.78 is 0. The molecule has 0 aromatic carbocycles. The molecule has 0 aliphatic heterocycles. The molecule has 1 heterocycles. The van der Waals surface area contributed by atoms with Crippen molar-refractivity contribution in [3.8, 4) is 0 Å². The van der Waals surface area contributed by atoms with Crippen LogP contribution in [0.2, 0.25) is 0 Å². The van der Waals surface area contributed by atoms with E-state index in [0.717, 1.165) is 11.8 Å². The topological polar surface area (TPSA) is 15.8 Å². The number of hydrogen-bond donors (Lipinski definition) is 1. The van der Waals surface area contributed by atoms with E-state index in [-0.39, 0.29) is 0 Å². The molecule has 0 saturated heterocycles. The Morgan fingerprint density at radius 1 is 1.25 bits per heavy atom. The van der Waals surface area contributed by atoms with Crippen LogP contribution in [0.3, 0.4) is 0 Å². The van der Waals surface area contributed by atoms with Crippen molar-refractivity contribution in [2.45, 2.75) is 31.6 Å². The fourth-order valence-electron chi connectivity index (χ4n) is 2.68. The number of rotatable bonds is 0. The molecule has 1 aromatic rings. The van der Waals surface area contributed by atoms with Gasteiger partial charge >= 0.3 is 0 Å². The van der Waals surface area contributed by atoms with Gasteiger partial charge in [-0.3, -0.25) is 0 Å². The Hall–Kier alpha value is -0.980. The highest BCUT2D eigenvalue weighted by Gasteiger charge is 2.30. The lowest BCUT2D eigenvalue weighted by Crippen LogP contribution is -2.15. The average Bonchev–Trinajstić information content (AvgIpc) is 2.53. The van der Waals surface area contributed by atoms with E-state index in [1.165, 1.54) is 18.5 Å². The molecule has 1 nitrogen and oxygen atoms in total. The summed E-state index contributed by atoms with van der Waals surface area (Å²) in [5.74, 6) is 1.44. The molecule has 3 aliphatic carbocycles. The molecule has 62 valence electrons. The predicted molar refractivity (Wildman–Crippen MR) is 49.4 cm³/mol. The van der Waals surface area contributed by atoms with Crippen LogP contribution in [0.5, 0.6) is 0 Å². The summed E-state index contributed by atoms with van der Waals surface area (Å²) in [6.45, 7) is 2.19. The first-order valence-corrected chi connectivity index (χ1v) is 4.72. The number of aromatic nitrogens is 1. The van der Waals surface area contributed by atoms with Crippen LogP contribution in [0, 0.1) is 6.92 Å². The second-order valence-electron chi connectivity index (χ2n) is 3.96. The minimum atomic E-state index is 0.718. The van der Waals surface area contributed by atoms with Crippen molar-refractivity contribution in [3.05, 3.63) is 35.2 Å². The summed E-state index contributed by atoms with van der Waals surface area (Å²) in [5, 5.41) is 0. The molecule has 0 amide bonds. The molecule has 0 saturated carbocycles. The van der Waals surface area contributed by atoms with Gasteiger partial charge in [0.2, 0.25) is 0 Å². The Kier molecular flexibility index (Phi) is 1.11. The van der Waals surface area contributed by atoms with E-state index in [4.69, 9.17) is 0 Å². The number of hydrogen-bond acceptors (Lipinski definition) is 0. The molecule has 2 atom stereocenters. The predicted octanol–water partition coefficient (Wildman–Crippen LogP) is 2.85. The minimum Gasteiger partial charge on any atom is -0.365 e. The van der Waals surface area contributed by atoms with Crippen LogP contribution in [0.15, 0.2) is 18.3 Å². The first kappa shape index (κ1) is 6.53. The zero-order chi connectivity index (χ0) is 8.13. The highest BCUT2D eigenvalue weighted by molar-refractivity contribution is 5.46. The van der Waals surface area contributed by atoms with E-state index >= 15 is 0 Å². The maximum Gasteiger partial charge on any atom is 0.0157 e. The third-order valence-corrected chi connectivity index (χ3v) is 3.29. The molecule has 1 aromatic heterocycles. The number of H-pyrrole nitrogens is 1. The lowest BCUT2D eigenvalue weighted by Gasteiger charge is -2.31. The average molecular weight is 159 g/mol. The molecule has 0 fully saturated rings. The normalized spacial score (nSPS) is 30.8. The fourth-order valence-corrected chi connectivity index (χ4v) is 2.68. The first-order chi connectivity index (χ1) is 5.86. The quantitative estimate of drug-likeness (QED) is 0.560. The van der Waals surface area contributed by atoms with Crippen molar-refractivity contribution in [1.29, 1.82) is 0 Å². The SMILES string of the molecule is Cc1[nH]cc2c1C1C=CC2CC1. The third-order valence-electron chi connectivity index (χ3n) is 3.29. The number of aryl methyl sites for hydroxylation is 1. The number of nitrogens with one attached hydrogen (secondary N) is 1. The maximum atomic E-state index is 3.34. The maximum absolute atomic E-state index is 3.34. The van der Waals surface area contributed by atoms with Crippen molar-refractivity contribution in [3.63, 3.8) is 0 Å². The van der Waals surface area contributed by atoms with E-state index in [9.17, 15) is 0 Å². The molecule has 12 heavy (non-hydrogen) atoms. The summed E-state index contributed by atoms with van der Waals surface area (Å²) in [4.78, 5) is 3.34. The van der Waals surface area contributed by atoms with Gasteiger partial charge in [-0.25, -0.2) is 0 Å². The summed E-state index contributed by atoms with van der Waals surface area (Å²) in [6, 6.07) is 0. The van der Waals surface area contributed by atoms with Gasteiger partial charge in [-0.15, -0.1) is 0 Å². The summed E-state index contributed by atoms with van der Waals surface area (Å²) in [6.07, 6.45) is 9.67. The van der Waals surface area contributed by atoms with Gasteiger partial charge in [0.05, 0.1) is 0 Å². The molecule has 1 heteroatoms. The summed E-state index contributed by atoms with van der Waals surface area (Å²) in [5.41, 5.74) is 4.53. The second kappa shape index (κ2) is 2.03. The summed E-state index contributed by atoms with van der Waals surface area (Å²) >= 11 is 0. The zero-order valence-corrected chi connectivity index (χ0v) is 7.30. The van der Waals surface area contributed by atoms with Gasteiger partial charge < -0.3 is 4.98 Å². The van der Waals surface area contributed by atoms with E-state index in [1.54, 1.807) is 11.1 Å². The van der Waals surface area contributed by atoms with Crippen LogP contribution in [0.1, 0.15) is 41.5 Å². The highest BCUT2D eigenvalue weighted by Crippen LogP contribution is 2.45. The third kappa shape index (κ3) is 0.644. The summed E-state index contributed by atoms with van der Waals surface area (Å²) in [7, 11) is 0. The molecule has 2 bridgehead atoms. The van der Waals surface area contributed by atoms with Crippen molar-refractivity contribution >= 4 is 0 Å². The van der Waals surface area contributed by atoms with Crippen LogP contribution < -0.4 is 0 Å². The van der Waals surface area contributed by atoms with Crippen molar-refractivity contribution < 1.29 is 0 Å². The molecule has 3 aliphatic rings. The van der Waals surface area contributed by atoms with Crippen LogP contribution in [-0.4, -0.2) is 4.98 Å². The lowest BCUT2D eigenvalue weighted by molar-refractivity contribution is 0.555. The van der Waals surface area contributed by atoms with Gasteiger partial charge in [0.15, 0.2) is 0 Å². The monoisotopic (exact) mass is 159 g/mol. The van der Waals surface area contributed by atoms with Crippen LogP contribution in [-0.2, 0) is 0 Å². The Morgan fingerprint density at radius 2 is 2.00 bits per heavy atom. The number of fused-ring (bicyclic) bond motifs is 1. The van der Waals surface area contributed by atoms with E-state index < -0.39 is 0 Å². The Labute approximate surface area is 72.5 Å². The van der Waals surface area contributed by atoms with Gasteiger partial charge in [-0.2, -0.15) is 0 Å². The smallest absolute Gasteiger partial charge is 0.0157 e. The molecule has 0 spiro atoms.